The van der Waals surface area contributed by atoms with E-state index < -0.39 is 0 Å². The zero-order valence-electron chi connectivity index (χ0n) is 17.3. The molecule has 0 N–H and O–H groups in total. The number of unbranched alkanes of at least 4 members (excludes halogenated alkanes) is 5. The highest BCUT2D eigenvalue weighted by Crippen LogP contribution is 2.41. The Morgan fingerprint density at radius 1 is 1.00 bits per heavy atom. The first-order chi connectivity index (χ1) is 13.1. The molecule has 148 valence electrons. The molecular formula is C24H34O2S. The lowest BCUT2D eigenvalue weighted by molar-refractivity contribution is 0.0524. The number of hydrogen-bond donors (Lipinski definition) is 0. The van der Waals surface area contributed by atoms with Crippen LogP contribution in [0.1, 0.15) is 92.9 Å². The summed E-state index contributed by atoms with van der Waals surface area (Å²) in [5.41, 5.74) is 3.24. The predicted molar refractivity (Wildman–Crippen MR) is 117 cm³/mol. The lowest BCUT2D eigenvalue weighted by Crippen LogP contribution is -2.10. The number of benzene rings is 1. The normalized spacial score (nSPS) is 11.1. The van der Waals surface area contributed by atoms with Gasteiger partial charge in [0, 0.05) is 9.75 Å². The monoisotopic (exact) mass is 386 g/mol. The first kappa shape index (κ1) is 21.7. The molecule has 0 fully saturated rings. The summed E-state index contributed by atoms with van der Waals surface area (Å²) in [6.45, 7) is 8.88. The van der Waals surface area contributed by atoms with E-state index >= 15 is 0 Å². The van der Waals surface area contributed by atoms with Crippen LogP contribution in [0.5, 0.6) is 0 Å². The molecule has 1 heterocycles. The molecule has 1 aromatic carbocycles. The van der Waals surface area contributed by atoms with Crippen LogP contribution in [0, 0.1) is 0 Å². The van der Waals surface area contributed by atoms with Gasteiger partial charge in [0.05, 0.1) is 12.2 Å². The molecule has 0 radical (unpaired) electrons. The maximum atomic E-state index is 12.8. The van der Waals surface area contributed by atoms with Crippen molar-refractivity contribution in [3.05, 3.63) is 46.3 Å². The lowest BCUT2D eigenvalue weighted by Gasteiger charge is -2.10. The third-order valence-electron chi connectivity index (χ3n) is 4.85. The summed E-state index contributed by atoms with van der Waals surface area (Å²) in [7, 11) is 0. The number of hydrogen-bond acceptors (Lipinski definition) is 3. The summed E-state index contributed by atoms with van der Waals surface area (Å²) in [5.74, 6) is 0.163. The number of carbonyl (C=O) groups is 1. The summed E-state index contributed by atoms with van der Waals surface area (Å²) < 4.78 is 5.44. The van der Waals surface area contributed by atoms with Crippen LogP contribution in [-0.4, -0.2) is 12.6 Å². The highest BCUT2D eigenvalue weighted by molar-refractivity contribution is 7.16. The second-order valence-corrected chi connectivity index (χ2v) is 8.46. The molecule has 0 unspecified atom stereocenters. The Hall–Kier alpha value is -1.61. The van der Waals surface area contributed by atoms with Crippen LogP contribution in [0.25, 0.3) is 10.4 Å². The summed E-state index contributed by atoms with van der Waals surface area (Å²) in [6.07, 6.45) is 8.49. The Labute approximate surface area is 169 Å². The minimum Gasteiger partial charge on any atom is -0.462 e. The largest absolute Gasteiger partial charge is 0.462 e. The van der Waals surface area contributed by atoms with Crippen LogP contribution >= 0.6 is 11.3 Å². The molecule has 0 amide bonds. The summed E-state index contributed by atoms with van der Waals surface area (Å²) >= 11 is 1.77. The van der Waals surface area contributed by atoms with E-state index in [1.54, 1.807) is 11.3 Å². The van der Waals surface area contributed by atoms with Crippen molar-refractivity contribution in [3.63, 3.8) is 0 Å². The molecule has 0 aliphatic rings. The van der Waals surface area contributed by atoms with Gasteiger partial charge in [-0.3, -0.25) is 0 Å². The molecule has 0 saturated carbocycles. The lowest BCUT2D eigenvalue weighted by atomic mass is 9.96. The van der Waals surface area contributed by atoms with Gasteiger partial charge in [-0.25, -0.2) is 4.79 Å². The Morgan fingerprint density at radius 2 is 1.67 bits per heavy atom. The molecule has 27 heavy (non-hydrogen) atoms. The van der Waals surface area contributed by atoms with Gasteiger partial charge < -0.3 is 4.74 Å². The van der Waals surface area contributed by atoms with E-state index in [0.29, 0.717) is 12.5 Å². The van der Waals surface area contributed by atoms with E-state index in [4.69, 9.17) is 4.74 Å². The number of carbonyl (C=O) groups excluding carboxylic acids is 1. The molecule has 0 spiro atoms. The van der Waals surface area contributed by atoms with Crippen molar-refractivity contribution in [2.45, 2.75) is 78.6 Å². The number of ether oxygens (including phenoxy) is 1. The molecule has 0 aliphatic heterocycles. The Kier molecular flexibility index (Phi) is 9.06. The highest BCUT2D eigenvalue weighted by Gasteiger charge is 2.26. The van der Waals surface area contributed by atoms with E-state index in [1.165, 1.54) is 48.1 Å². The van der Waals surface area contributed by atoms with Crippen LogP contribution < -0.4 is 0 Å². The Bertz CT molecular complexity index is 701. The van der Waals surface area contributed by atoms with Crippen LogP contribution in [0.3, 0.4) is 0 Å². The Morgan fingerprint density at radius 3 is 2.30 bits per heavy atom. The Balaban J connectivity index is 2.34. The van der Waals surface area contributed by atoms with Gasteiger partial charge >= 0.3 is 5.97 Å². The molecule has 2 aromatic rings. The fourth-order valence-electron chi connectivity index (χ4n) is 3.46. The van der Waals surface area contributed by atoms with Crippen molar-refractivity contribution < 1.29 is 9.53 Å². The maximum absolute atomic E-state index is 12.8. The molecule has 0 saturated heterocycles. The second-order valence-electron chi connectivity index (χ2n) is 7.41. The summed E-state index contributed by atoms with van der Waals surface area (Å²) in [6, 6.07) is 10.5. The van der Waals surface area contributed by atoms with Crippen molar-refractivity contribution in [1.82, 2.24) is 0 Å². The molecule has 3 heteroatoms. The smallest absolute Gasteiger partial charge is 0.339 e. The van der Waals surface area contributed by atoms with Gasteiger partial charge in [0.25, 0.3) is 0 Å². The van der Waals surface area contributed by atoms with Crippen molar-refractivity contribution >= 4 is 17.3 Å². The fraction of sp³-hybridized carbons (Fsp3) is 0.542. The molecule has 0 bridgehead atoms. The van der Waals surface area contributed by atoms with Gasteiger partial charge in [0.1, 0.15) is 0 Å². The van der Waals surface area contributed by atoms with Gasteiger partial charge in [0.2, 0.25) is 0 Å². The number of esters is 1. The average Bonchev–Trinajstić information content (AvgIpc) is 3.05. The second kappa shape index (κ2) is 11.3. The van der Waals surface area contributed by atoms with Crippen LogP contribution in [0.15, 0.2) is 30.3 Å². The third kappa shape index (κ3) is 5.93. The van der Waals surface area contributed by atoms with Gasteiger partial charge in [-0.15, -0.1) is 11.3 Å². The number of thiophene rings is 1. The molecule has 0 atom stereocenters. The van der Waals surface area contributed by atoms with E-state index in [2.05, 4.69) is 45.0 Å². The van der Waals surface area contributed by atoms with Crippen molar-refractivity contribution in [2.75, 3.05) is 6.61 Å². The minimum absolute atomic E-state index is 0.152. The average molecular weight is 387 g/mol. The van der Waals surface area contributed by atoms with Gasteiger partial charge in [0.15, 0.2) is 0 Å². The highest BCUT2D eigenvalue weighted by atomic mass is 32.1. The zero-order chi connectivity index (χ0) is 19.6. The van der Waals surface area contributed by atoms with Crippen molar-refractivity contribution in [2.24, 2.45) is 0 Å². The first-order valence-corrected chi connectivity index (χ1v) is 11.3. The zero-order valence-corrected chi connectivity index (χ0v) is 18.2. The topological polar surface area (TPSA) is 26.3 Å². The molecular weight excluding hydrogens is 352 g/mol. The molecule has 0 aliphatic carbocycles. The predicted octanol–water partition coefficient (Wildman–Crippen LogP) is 7.62. The molecule has 2 rings (SSSR count). The van der Waals surface area contributed by atoms with Crippen LogP contribution in [-0.2, 0) is 11.2 Å². The van der Waals surface area contributed by atoms with Crippen molar-refractivity contribution in [1.29, 1.82) is 0 Å². The van der Waals surface area contributed by atoms with Gasteiger partial charge in [-0.05, 0) is 36.8 Å². The van der Waals surface area contributed by atoms with Crippen molar-refractivity contribution in [3.8, 4) is 10.4 Å². The van der Waals surface area contributed by atoms with Gasteiger partial charge in [-0.2, -0.15) is 0 Å². The third-order valence-corrected chi connectivity index (χ3v) is 6.44. The number of rotatable bonds is 11. The summed E-state index contributed by atoms with van der Waals surface area (Å²) in [4.78, 5) is 15.2. The standard InChI is InChI=1S/C24H34O2S/c1-5-7-8-9-10-14-17-20-21(24(25)26-6-2)22(18(3)4)27-23(20)19-15-12-11-13-16-19/h11-13,15-16,18H,5-10,14,17H2,1-4H3. The first-order valence-electron chi connectivity index (χ1n) is 10.5. The molecule has 2 nitrogen and oxygen atoms in total. The van der Waals surface area contributed by atoms with Crippen LogP contribution in [0.4, 0.5) is 0 Å². The SMILES string of the molecule is CCCCCCCCc1c(-c2ccccc2)sc(C(C)C)c1C(=O)OCC. The van der Waals surface area contributed by atoms with E-state index in [-0.39, 0.29) is 5.97 Å². The van der Waals surface area contributed by atoms with E-state index in [1.807, 2.05) is 13.0 Å². The van der Waals surface area contributed by atoms with Gasteiger partial charge in [-0.1, -0.05) is 83.2 Å². The molecule has 1 aromatic heterocycles. The van der Waals surface area contributed by atoms with E-state index in [9.17, 15) is 4.79 Å². The fourth-order valence-corrected chi connectivity index (χ4v) is 4.81. The van der Waals surface area contributed by atoms with E-state index in [0.717, 1.165) is 23.3 Å². The maximum Gasteiger partial charge on any atom is 0.339 e. The quantitative estimate of drug-likeness (QED) is 0.293. The summed E-state index contributed by atoms with van der Waals surface area (Å²) in [5, 5.41) is 0. The van der Waals surface area contributed by atoms with Crippen LogP contribution in [0.2, 0.25) is 0 Å². The minimum atomic E-state index is -0.152.